The third-order valence-corrected chi connectivity index (χ3v) is 5.10. The van der Waals surface area contributed by atoms with Crippen LogP contribution in [0.5, 0.6) is 0 Å². The highest BCUT2D eigenvalue weighted by Crippen LogP contribution is 2.44. The minimum absolute atomic E-state index is 0.0709. The predicted molar refractivity (Wildman–Crippen MR) is 104 cm³/mol. The summed E-state index contributed by atoms with van der Waals surface area (Å²) in [4.78, 5) is 12.8. The Kier molecular flexibility index (Phi) is 5.45. The molecule has 1 unspecified atom stereocenters. The summed E-state index contributed by atoms with van der Waals surface area (Å²) in [6.07, 6.45) is -6.31. The second-order valence-corrected chi connectivity index (χ2v) is 7.46. The molecular formula is C21H15Cl2F3O2. The number of carbonyl (C=O) groups is 1. The maximum Gasteiger partial charge on any atom is 0.421 e. The first-order chi connectivity index (χ1) is 13.0. The Morgan fingerprint density at radius 3 is 2.11 bits per heavy atom. The van der Waals surface area contributed by atoms with Crippen LogP contribution in [0.2, 0.25) is 10.0 Å². The molecule has 7 heteroatoms. The monoisotopic (exact) mass is 426 g/mol. The van der Waals surface area contributed by atoms with E-state index >= 15 is 0 Å². The molecule has 0 aliphatic carbocycles. The lowest BCUT2D eigenvalue weighted by molar-refractivity contribution is -0.264. The topological polar surface area (TPSA) is 37.3 Å². The third kappa shape index (κ3) is 3.75. The van der Waals surface area contributed by atoms with Crippen LogP contribution >= 0.6 is 23.2 Å². The first kappa shape index (κ1) is 20.6. The molecular weight excluding hydrogens is 412 g/mol. The van der Waals surface area contributed by atoms with Crippen molar-refractivity contribution in [2.45, 2.75) is 25.1 Å². The lowest BCUT2D eigenvalue weighted by atomic mass is 9.85. The van der Waals surface area contributed by atoms with Crippen molar-refractivity contribution in [1.82, 2.24) is 0 Å². The van der Waals surface area contributed by atoms with E-state index in [9.17, 15) is 23.1 Å². The summed E-state index contributed by atoms with van der Waals surface area (Å²) < 4.78 is 41.5. The largest absolute Gasteiger partial charge is 0.421 e. The van der Waals surface area contributed by atoms with E-state index in [0.29, 0.717) is 5.39 Å². The van der Waals surface area contributed by atoms with E-state index in [2.05, 4.69) is 0 Å². The minimum Gasteiger partial charge on any atom is -0.376 e. The predicted octanol–water partition coefficient (Wildman–Crippen LogP) is 6.48. The Balaban J connectivity index is 2.10. The zero-order valence-corrected chi connectivity index (χ0v) is 16.2. The van der Waals surface area contributed by atoms with Crippen LogP contribution in [0.25, 0.3) is 10.8 Å². The van der Waals surface area contributed by atoms with Gasteiger partial charge in [0.25, 0.3) is 0 Å². The molecule has 0 amide bonds. The number of hydrogen-bond acceptors (Lipinski definition) is 2. The van der Waals surface area contributed by atoms with E-state index in [-0.39, 0.29) is 15.6 Å². The highest BCUT2D eigenvalue weighted by Gasteiger charge is 2.56. The number of aliphatic hydroxyl groups is 1. The molecule has 28 heavy (non-hydrogen) atoms. The summed E-state index contributed by atoms with van der Waals surface area (Å²) in [5.41, 5.74) is -3.01. The van der Waals surface area contributed by atoms with Gasteiger partial charge in [-0.25, -0.2) is 0 Å². The number of carbonyl (C=O) groups excluding carboxylic acids is 1. The lowest BCUT2D eigenvalue weighted by Crippen LogP contribution is -2.44. The van der Waals surface area contributed by atoms with Gasteiger partial charge in [-0.15, -0.1) is 0 Å². The Hall–Kier alpha value is -2.08. The fraction of sp³-hybridized carbons (Fsp3) is 0.190. The van der Waals surface area contributed by atoms with E-state index in [4.69, 9.17) is 23.2 Å². The maximum absolute atomic E-state index is 13.8. The number of Topliss-reactive ketones (excluding diaryl/α,β-unsaturated/α-hetero) is 1. The molecule has 3 aromatic rings. The SMILES string of the molecule is Cc1ccc(C(=O)CC(O)(c2cc(Cl)cc(Cl)c2)C(F)(F)F)c2ccccc12. The molecule has 0 heterocycles. The van der Waals surface area contributed by atoms with Gasteiger partial charge in [-0.2, -0.15) is 13.2 Å². The molecule has 0 bridgehead atoms. The van der Waals surface area contributed by atoms with Crippen LogP contribution in [0.3, 0.4) is 0 Å². The number of hydrogen-bond donors (Lipinski definition) is 1. The molecule has 3 aromatic carbocycles. The van der Waals surface area contributed by atoms with Crippen LogP contribution < -0.4 is 0 Å². The quantitative estimate of drug-likeness (QED) is 0.484. The average molecular weight is 427 g/mol. The summed E-state index contributed by atoms with van der Waals surface area (Å²) in [6.45, 7) is 1.84. The fourth-order valence-corrected chi connectivity index (χ4v) is 3.71. The van der Waals surface area contributed by atoms with Crippen LogP contribution in [-0.2, 0) is 5.60 Å². The normalized spacial score (nSPS) is 14.1. The van der Waals surface area contributed by atoms with Gasteiger partial charge in [0.2, 0.25) is 0 Å². The van der Waals surface area contributed by atoms with Crippen molar-refractivity contribution in [3.8, 4) is 0 Å². The van der Waals surface area contributed by atoms with Gasteiger partial charge in [-0.05, 0) is 47.0 Å². The molecule has 0 saturated carbocycles. The van der Waals surface area contributed by atoms with Gasteiger partial charge in [-0.3, -0.25) is 4.79 Å². The molecule has 0 spiro atoms. The van der Waals surface area contributed by atoms with Crippen molar-refractivity contribution in [3.05, 3.63) is 81.3 Å². The summed E-state index contributed by atoms with van der Waals surface area (Å²) in [7, 11) is 0. The van der Waals surface area contributed by atoms with Gasteiger partial charge in [0.05, 0.1) is 6.42 Å². The third-order valence-electron chi connectivity index (χ3n) is 4.67. The van der Waals surface area contributed by atoms with E-state index in [1.165, 1.54) is 12.1 Å². The number of benzene rings is 3. The van der Waals surface area contributed by atoms with E-state index in [1.807, 2.05) is 6.92 Å². The van der Waals surface area contributed by atoms with Crippen molar-refractivity contribution in [1.29, 1.82) is 0 Å². The van der Waals surface area contributed by atoms with Crippen LogP contribution in [0, 0.1) is 6.92 Å². The highest BCUT2D eigenvalue weighted by molar-refractivity contribution is 6.34. The Morgan fingerprint density at radius 1 is 0.964 bits per heavy atom. The second-order valence-electron chi connectivity index (χ2n) is 6.59. The molecule has 0 saturated heterocycles. The lowest BCUT2D eigenvalue weighted by Gasteiger charge is -2.31. The van der Waals surface area contributed by atoms with Crippen molar-refractivity contribution < 1.29 is 23.1 Å². The number of fused-ring (bicyclic) bond motifs is 1. The van der Waals surface area contributed by atoms with Crippen molar-refractivity contribution in [2.24, 2.45) is 0 Å². The maximum atomic E-state index is 13.8. The zero-order valence-electron chi connectivity index (χ0n) is 14.6. The highest BCUT2D eigenvalue weighted by atomic mass is 35.5. The van der Waals surface area contributed by atoms with Crippen molar-refractivity contribution in [3.63, 3.8) is 0 Å². The first-order valence-electron chi connectivity index (χ1n) is 8.30. The number of aryl methyl sites for hydroxylation is 1. The van der Waals surface area contributed by atoms with Gasteiger partial charge in [0, 0.05) is 15.6 Å². The summed E-state index contributed by atoms with van der Waals surface area (Å²) in [5, 5.41) is 11.7. The van der Waals surface area contributed by atoms with Gasteiger partial charge in [0.1, 0.15) is 0 Å². The van der Waals surface area contributed by atoms with Crippen LogP contribution in [0.1, 0.15) is 27.9 Å². The molecule has 146 valence electrons. The molecule has 0 fully saturated rings. The van der Waals surface area contributed by atoms with Crippen LogP contribution in [0.4, 0.5) is 13.2 Å². The molecule has 0 aliphatic heterocycles. The number of halogens is 5. The average Bonchev–Trinajstić information content (AvgIpc) is 2.60. The van der Waals surface area contributed by atoms with Crippen molar-refractivity contribution in [2.75, 3.05) is 0 Å². The summed E-state index contributed by atoms with van der Waals surface area (Å²) in [5.74, 6) is -0.841. The molecule has 0 aromatic heterocycles. The molecule has 2 nitrogen and oxygen atoms in total. The standard InChI is InChI=1S/C21H15Cl2F3O2/c1-12-6-7-18(17-5-3-2-4-16(12)17)19(27)11-20(28,21(24,25)26)13-8-14(22)10-15(23)9-13/h2-10,28H,11H2,1H3. The van der Waals surface area contributed by atoms with E-state index in [0.717, 1.165) is 23.1 Å². The first-order valence-corrected chi connectivity index (χ1v) is 9.06. The minimum atomic E-state index is -5.11. The van der Waals surface area contributed by atoms with E-state index < -0.39 is 29.5 Å². The molecule has 3 rings (SSSR count). The summed E-state index contributed by atoms with van der Waals surface area (Å²) >= 11 is 11.6. The smallest absolute Gasteiger partial charge is 0.376 e. The van der Waals surface area contributed by atoms with Gasteiger partial charge in [0.15, 0.2) is 11.4 Å². The molecule has 1 N–H and O–H groups in total. The zero-order chi connectivity index (χ0) is 20.7. The second kappa shape index (κ2) is 7.39. The molecule has 1 atom stereocenters. The molecule has 0 radical (unpaired) electrons. The fourth-order valence-electron chi connectivity index (χ4n) is 3.18. The number of rotatable bonds is 4. The Morgan fingerprint density at radius 2 is 1.54 bits per heavy atom. The summed E-state index contributed by atoms with van der Waals surface area (Å²) in [6, 6.07) is 13.2. The Labute approximate surface area is 169 Å². The van der Waals surface area contributed by atoms with E-state index in [1.54, 1.807) is 30.3 Å². The molecule has 0 aliphatic rings. The number of ketones is 1. The van der Waals surface area contributed by atoms with Crippen LogP contribution in [-0.4, -0.2) is 17.1 Å². The van der Waals surface area contributed by atoms with Gasteiger partial charge in [-0.1, -0.05) is 59.6 Å². The van der Waals surface area contributed by atoms with Gasteiger partial charge >= 0.3 is 6.18 Å². The Bertz CT molecular complexity index is 1040. The van der Waals surface area contributed by atoms with Crippen molar-refractivity contribution >= 4 is 39.8 Å². The van der Waals surface area contributed by atoms with Gasteiger partial charge < -0.3 is 5.11 Å². The number of alkyl halides is 3. The van der Waals surface area contributed by atoms with Crippen LogP contribution in [0.15, 0.2) is 54.6 Å².